The van der Waals surface area contributed by atoms with Crippen molar-refractivity contribution in [2.45, 2.75) is 37.3 Å². The van der Waals surface area contributed by atoms with Gasteiger partial charge in [0.2, 0.25) is 5.91 Å². The smallest absolute Gasteiger partial charge is 0.237 e. The van der Waals surface area contributed by atoms with Crippen LogP contribution in [0.3, 0.4) is 0 Å². The van der Waals surface area contributed by atoms with E-state index in [1.807, 2.05) is 30.3 Å². The zero-order valence-corrected chi connectivity index (χ0v) is 11.8. The fourth-order valence-corrected chi connectivity index (χ4v) is 2.94. The van der Waals surface area contributed by atoms with Crippen LogP contribution in [0.1, 0.15) is 25.7 Å². The molecule has 0 radical (unpaired) electrons. The van der Waals surface area contributed by atoms with Gasteiger partial charge in [0.15, 0.2) is 0 Å². The first-order valence-electron chi connectivity index (χ1n) is 7.18. The third-order valence-electron chi connectivity index (χ3n) is 4.13. The molecule has 1 amide bonds. The molecule has 1 aliphatic rings. The Hall–Kier alpha value is -2.14. The quantitative estimate of drug-likeness (QED) is 0.898. The highest BCUT2D eigenvalue weighted by Crippen LogP contribution is 2.32. The highest BCUT2D eigenvalue weighted by atomic mass is 16.5. The third-order valence-corrected chi connectivity index (χ3v) is 4.13. The van der Waals surface area contributed by atoms with Crippen LogP contribution in [0.5, 0.6) is 5.75 Å². The van der Waals surface area contributed by atoms with E-state index in [1.54, 1.807) is 6.20 Å². The first kappa shape index (κ1) is 13.8. The van der Waals surface area contributed by atoms with Gasteiger partial charge in [-0.1, -0.05) is 6.07 Å². The third kappa shape index (κ3) is 2.69. The van der Waals surface area contributed by atoms with E-state index < -0.39 is 11.4 Å². The molecule has 1 aliphatic carbocycles. The van der Waals surface area contributed by atoms with Crippen LogP contribution in [0.2, 0.25) is 0 Å². The zero-order valence-electron chi connectivity index (χ0n) is 11.8. The number of amides is 1. The highest BCUT2D eigenvalue weighted by Gasteiger charge is 2.38. The van der Waals surface area contributed by atoms with Gasteiger partial charge < -0.3 is 16.2 Å². The topological polar surface area (TPSA) is 91.2 Å². The molecule has 3 rings (SSSR count). The van der Waals surface area contributed by atoms with Crippen LogP contribution >= 0.6 is 0 Å². The molecule has 21 heavy (non-hydrogen) atoms. The van der Waals surface area contributed by atoms with Crippen molar-refractivity contribution in [3.05, 3.63) is 36.5 Å². The van der Waals surface area contributed by atoms with Gasteiger partial charge in [-0.15, -0.1) is 0 Å². The number of carbonyl (C=O) groups is 1. The fraction of sp³-hybridized carbons (Fsp3) is 0.375. The van der Waals surface area contributed by atoms with E-state index in [4.69, 9.17) is 16.2 Å². The zero-order chi connectivity index (χ0) is 14.9. The highest BCUT2D eigenvalue weighted by molar-refractivity contribution is 5.85. The van der Waals surface area contributed by atoms with Crippen LogP contribution in [-0.2, 0) is 4.79 Å². The lowest BCUT2D eigenvalue weighted by Crippen LogP contribution is -2.56. The van der Waals surface area contributed by atoms with Crippen molar-refractivity contribution in [1.82, 2.24) is 4.98 Å². The van der Waals surface area contributed by atoms with Crippen molar-refractivity contribution in [2.75, 3.05) is 0 Å². The molecule has 1 saturated carbocycles. The van der Waals surface area contributed by atoms with E-state index in [0.29, 0.717) is 12.8 Å². The minimum atomic E-state index is -0.953. The molecule has 1 aromatic heterocycles. The molecule has 5 heteroatoms. The van der Waals surface area contributed by atoms with Gasteiger partial charge in [0.05, 0.1) is 11.1 Å². The number of hydrogen-bond donors (Lipinski definition) is 2. The fourth-order valence-electron chi connectivity index (χ4n) is 2.94. The molecule has 1 aromatic carbocycles. The number of nitrogens with two attached hydrogens (primary N) is 2. The Morgan fingerprint density at radius 3 is 3.00 bits per heavy atom. The van der Waals surface area contributed by atoms with Crippen LogP contribution in [0.15, 0.2) is 36.5 Å². The summed E-state index contributed by atoms with van der Waals surface area (Å²) in [4.78, 5) is 15.8. The molecule has 5 nitrogen and oxygen atoms in total. The van der Waals surface area contributed by atoms with Gasteiger partial charge in [-0.3, -0.25) is 9.78 Å². The van der Waals surface area contributed by atoms with Crippen molar-refractivity contribution >= 4 is 16.8 Å². The average molecular weight is 285 g/mol. The minimum Gasteiger partial charge on any atom is -0.490 e. The number of pyridine rings is 1. The SMILES string of the molecule is NC(=O)C1(N)CCCC(Oc2cccc3ncccc23)C1. The molecular formula is C16H19N3O2. The second kappa shape index (κ2) is 5.33. The Kier molecular flexibility index (Phi) is 3.51. The van der Waals surface area contributed by atoms with Gasteiger partial charge in [-0.2, -0.15) is 0 Å². The number of nitrogens with zero attached hydrogens (tertiary/aromatic N) is 1. The number of ether oxygens (including phenoxy) is 1. The van der Waals surface area contributed by atoms with Crippen LogP contribution in [0.4, 0.5) is 0 Å². The molecule has 110 valence electrons. The average Bonchev–Trinajstić information content (AvgIpc) is 2.48. The lowest BCUT2D eigenvalue weighted by molar-refractivity contribution is -0.125. The number of aromatic nitrogens is 1. The summed E-state index contributed by atoms with van der Waals surface area (Å²) in [6.45, 7) is 0. The Morgan fingerprint density at radius 1 is 1.33 bits per heavy atom. The van der Waals surface area contributed by atoms with E-state index in [1.165, 1.54) is 0 Å². The lowest BCUT2D eigenvalue weighted by atomic mass is 9.80. The number of fused-ring (bicyclic) bond motifs is 1. The predicted octanol–water partition coefficient (Wildman–Crippen LogP) is 1.74. The van der Waals surface area contributed by atoms with E-state index in [-0.39, 0.29) is 6.10 Å². The predicted molar refractivity (Wildman–Crippen MR) is 80.7 cm³/mol. The number of rotatable bonds is 3. The second-order valence-electron chi connectivity index (χ2n) is 5.68. The van der Waals surface area contributed by atoms with E-state index in [9.17, 15) is 4.79 Å². The van der Waals surface area contributed by atoms with Gasteiger partial charge in [0, 0.05) is 18.0 Å². The van der Waals surface area contributed by atoms with Gasteiger partial charge in [0.1, 0.15) is 11.9 Å². The minimum absolute atomic E-state index is 0.0953. The molecule has 2 aromatic rings. The molecular weight excluding hydrogens is 266 g/mol. The van der Waals surface area contributed by atoms with E-state index >= 15 is 0 Å². The van der Waals surface area contributed by atoms with Gasteiger partial charge in [-0.05, 0) is 43.5 Å². The largest absolute Gasteiger partial charge is 0.490 e. The Balaban J connectivity index is 1.84. The summed E-state index contributed by atoms with van der Waals surface area (Å²) in [5.74, 6) is 0.328. The van der Waals surface area contributed by atoms with E-state index in [2.05, 4.69) is 4.98 Å². The first-order chi connectivity index (χ1) is 10.1. The molecule has 2 unspecified atom stereocenters. The normalized spacial score (nSPS) is 25.7. The molecule has 2 atom stereocenters. The van der Waals surface area contributed by atoms with Crippen molar-refractivity contribution < 1.29 is 9.53 Å². The summed E-state index contributed by atoms with van der Waals surface area (Å²) in [5, 5.41) is 0.965. The Bertz CT molecular complexity index is 668. The summed E-state index contributed by atoms with van der Waals surface area (Å²) in [6, 6.07) is 9.63. The van der Waals surface area contributed by atoms with E-state index in [0.717, 1.165) is 29.5 Å². The lowest BCUT2D eigenvalue weighted by Gasteiger charge is -2.35. The Morgan fingerprint density at radius 2 is 2.19 bits per heavy atom. The second-order valence-corrected chi connectivity index (χ2v) is 5.68. The van der Waals surface area contributed by atoms with Crippen LogP contribution in [0.25, 0.3) is 10.9 Å². The number of primary amides is 1. The van der Waals surface area contributed by atoms with Gasteiger partial charge >= 0.3 is 0 Å². The maximum Gasteiger partial charge on any atom is 0.237 e. The molecule has 0 saturated heterocycles. The number of hydrogen-bond acceptors (Lipinski definition) is 4. The molecule has 4 N–H and O–H groups in total. The maximum absolute atomic E-state index is 11.5. The van der Waals surface area contributed by atoms with Crippen LogP contribution < -0.4 is 16.2 Å². The molecule has 1 fully saturated rings. The summed E-state index contributed by atoms with van der Waals surface area (Å²) in [5.41, 5.74) is 11.4. The van der Waals surface area contributed by atoms with Gasteiger partial charge in [0.25, 0.3) is 0 Å². The van der Waals surface area contributed by atoms with Crippen molar-refractivity contribution in [3.8, 4) is 5.75 Å². The molecule has 0 spiro atoms. The standard InChI is InChI=1S/C16H19N3O2/c17-15(20)16(18)8-2-4-11(10-16)21-14-7-1-6-13-12(14)5-3-9-19-13/h1,3,5-7,9,11H,2,4,8,10,18H2,(H2,17,20). The molecule has 0 aliphatic heterocycles. The first-order valence-corrected chi connectivity index (χ1v) is 7.18. The summed E-state index contributed by atoms with van der Waals surface area (Å²) in [7, 11) is 0. The summed E-state index contributed by atoms with van der Waals surface area (Å²) >= 11 is 0. The number of benzene rings is 1. The van der Waals surface area contributed by atoms with Crippen LogP contribution in [-0.4, -0.2) is 22.5 Å². The van der Waals surface area contributed by atoms with Crippen LogP contribution in [0, 0.1) is 0 Å². The monoisotopic (exact) mass is 285 g/mol. The summed E-state index contributed by atoms with van der Waals surface area (Å²) < 4.78 is 6.09. The van der Waals surface area contributed by atoms with Crippen molar-refractivity contribution in [3.63, 3.8) is 0 Å². The van der Waals surface area contributed by atoms with Crippen molar-refractivity contribution in [2.24, 2.45) is 11.5 Å². The molecule has 0 bridgehead atoms. The maximum atomic E-state index is 11.5. The summed E-state index contributed by atoms with van der Waals surface area (Å²) in [6.07, 6.45) is 4.46. The van der Waals surface area contributed by atoms with Gasteiger partial charge in [-0.25, -0.2) is 0 Å². The Labute approximate surface area is 123 Å². The number of carbonyl (C=O) groups excluding carboxylic acids is 1. The van der Waals surface area contributed by atoms with Crippen molar-refractivity contribution in [1.29, 1.82) is 0 Å². The molecule has 1 heterocycles.